The molecule has 3 aromatic rings. The van der Waals surface area contributed by atoms with Crippen LogP contribution in [-0.2, 0) is 21.3 Å². The van der Waals surface area contributed by atoms with Crippen LogP contribution in [0.15, 0.2) is 83.8 Å². The summed E-state index contributed by atoms with van der Waals surface area (Å²) in [5.41, 5.74) is 3.33. The Bertz CT molecular complexity index is 1240. The van der Waals surface area contributed by atoms with Crippen molar-refractivity contribution in [3.8, 4) is 0 Å². The number of hydrogen-bond acceptors (Lipinski definition) is 5. The van der Waals surface area contributed by atoms with Crippen molar-refractivity contribution in [1.29, 1.82) is 0 Å². The van der Waals surface area contributed by atoms with Crippen molar-refractivity contribution in [3.63, 3.8) is 0 Å². The molecule has 0 unspecified atom stereocenters. The van der Waals surface area contributed by atoms with Gasteiger partial charge in [0.15, 0.2) is 0 Å². The van der Waals surface area contributed by atoms with Gasteiger partial charge in [-0.15, -0.1) is 0 Å². The molecular weight excluding hydrogens is 462 g/mol. The van der Waals surface area contributed by atoms with Crippen LogP contribution in [0.25, 0.3) is 0 Å². The number of rotatable bonds is 8. The van der Waals surface area contributed by atoms with Crippen molar-refractivity contribution in [2.75, 3.05) is 38.3 Å². The van der Waals surface area contributed by atoms with E-state index in [4.69, 9.17) is 4.74 Å². The van der Waals surface area contributed by atoms with Crippen molar-refractivity contribution in [1.82, 2.24) is 9.62 Å². The van der Waals surface area contributed by atoms with E-state index >= 15 is 0 Å². The Morgan fingerprint density at radius 3 is 2.37 bits per heavy atom. The molecule has 0 radical (unpaired) electrons. The van der Waals surface area contributed by atoms with E-state index in [0.717, 1.165) is 43.1 Å². The van der Waals surface area contributed by atoms with E-state index in [1.807, 2.05) is 42.5 Å². The van der Waals surface area contributed by atoms with Gasteiger partial charge in [0.2, 0.25) is 10.0 Å². The van der Waals surface area contributed by atoms with Crippen LogP contribution in [0.3, 0.4) is 0 Å². The summed E-state index contributed by atoms with van der Waals surface area (Å²) in [6.07, 6.45) is 0. The number of morpholine rings is 1. The number of carbonyl (C=O) groups excluding carboxylic acids is 1. The van der Waals surface area contributed by atoms with E-state index in [9.17, 15) is 13.2 Å². The second-order valence-electron chi connectivity index (χ2n) is 8.71. The lowest BCUT2D eigenvalue weighted by atomic mass is 10.1. The fraction of sp³-hybridized carbons (Fsp3) is 0.296. The van der Waals surface area contributed by atoms with E-state index in [0.29, 0.717) is 12.1 Å². The molecule has 3 aromatic carbocycles. The summed E-state index contributed by atoms with van der Waals surface area (Å²) in [5, 5.41) is 0. The molecule has 0 saturated carbocycles. The Morgan fingerprint density at radius 2 is 1.69 bits per heavy atom. The van der Waals surface area contributed by atoms with Crippen molar-refractivity contribution < 1.29 is 17.9 Å². The first kappa shape index (κ1) is 24.9. The first-order chi connectivity index (χ1) is 16.8. The number of carbonyl (C=O) groups is 1. The van der Waals surface area contributed by atoms with Crippen LogP contribution in [0, 0.1) is 0 Å². The molecule has 1 aliphatic heterocycles. The van der Waals surface area contributed by atoms with Gasteiger partial charge in [0.05, 0.1) is 18.1 Å². The molecule has 1 fully saturated rings. The molecule has 0 bridgehead atoms. The number of nitrogens with zero attached hydrogens (tertiary/aromatic N) is 2. The molecule has 4 rings (SSSR count). The number of anilines is 1. The van der Waals surface area contributed by atoms with Crippen LogP contribution >= 0.6 is 0 Å². The van der Waals surface area contributed by atoms with Crippen molar-refractivity contribution in [3.05, 3.63) is 95.6 Å². The van der Waals surface area contributed by atoms with Gasteiger partial charge in [-0.2, -0.15) is 0 Å². The van der Waals surface area contributed by atoms with Crippen LogP contribution in [0.2, 0.25) is 0 Å². The van der Waals surface area contributed by atoms with Gasteiger partial charge in [0.1, 0.15) is 0 Å². The lowest BCUT2D eigenvalue weighted by molar-refractivity contribution is 0.0785. The molecule has 0 spiro atoms. The molecule has 1 atom stereocenters. The van der Waals surface area contributed by atoms with Crippen LogP contribution in [-0.4, -0.2) is 52.6 Å². The highest BCUT2D eigenvalue weighted by Crippen LogP contribution is 2.20. The monoisotopic (exact) mass is 493 g/mol. The van der Waals surface area contributed by atoms with Gasteiger partial charge in [-0.1, -0.05) is 48.5 Å². The molecular formula is C27H31N3O4S. The van der Waals surface area contributed by atoms with E-state index in [1.165, 1.54) is 12.1 Å². The van der Waals surface area contributed by atoms with Gasteiger partial charge in [0, 0.05) is 44.0 Å². The third-order valence-corrected chi connectivity index (χ3v) is 7.64. The standard InChI is InChI=1S/C27H31N3O4S/c1-21(23-7-4-3-5-8-23)28-35(32,33)26-10-6-9-24(19-26)27(31)29(2)20-22-11-13-25(14-12-22)30-15-17-34-18-16-30/h3-14,19,21,28H,15-18,20H2,1-2H3/t21-/m0/s1. The molecule has 35 heavy (non-hydrogen) atoms. The van der Waals surface area contributed by atoms with E-state index in [2.05, 4.69) is 21.8 Å². The Labute approximate surface area is 207 Å². The van der Waals surface area contributed by atoms with Crippen LogP contribution in [0.1, 0.15) is 34.5 Å². The number of ether oxygens (including phenoxy) is 1. The highest BCUT2D eigenvalue weighted by Gasteiger charge is 2.21. The zero-order valence-corrected chi connectivity index (χ0v) is 20.9. The summed E-state index contributed by atoms with van der Waals surface area (Å²) in [5.74, 6) is -0.240. The molecule has 1 saturated heterocycles. The summed E-state index contributed by atoms with van der Waals surface area (Å²) in [4.78, 5) is 17.0. The van der Waals surface area contributed by atoms with Crippen molar-refractivity contribution >= 4 is 21.6 Å². The van der Waals surface area contributed by atoms with Crippen LogP contribution in [0.5, 0.6) is 0 Å². The minimum Gasteiger partial charge on any atom is -0.378 e. The SMILES string of the molecule is C[C@H](NS(=O)(=O)c1cccc(C(=O)N(C)Cc2ccc(N3CCOCC3)cc2)c1)c1ccccc1. The first-order valence-corrected chi connectivity index (χ1v) is 13.2. The third-order valence-electron chi connectivity index (χ3n) is 6.10. The lowest BCUT2D eigenvalue weighted by Gasteiger charge is -2.29. The number of nitrogens with one attached hydrogen (secondary N) is 1. The highest BCUT2D eigenvalue weighted by molar-refractivity contribution is 7.89. The first-order valence-electron chi connectivity index (χ1n) is 11.7. The quantitative estimate of drug-likeness (QED) is 0.516. The summed E-state index contributed by atoms with van der Waals surface area (Å²) < 4.78 is 34.0. The predicted octanol–water partition coefficient (Wildman–Crippen LogP) is 3.83. The molecule has 8 heteroatoms. The molecule has 1 N–H and O–H groups in total. The fourth-order valence-electron chi connectivity index (χ4n) is 4.11. The third kappa shape index (κ3) is 6.28. The van der Waals surface area contributed by atoms with E-state index < -0.39 is 16.1 Å². The summed E-state index contributed by atoms with van der Waals surface area (Å²) in [6, 6.07) is 23.3. The average Bonchev–Trinajstić information content (AvgIpc) is 2.89. The fourth-order valence-corrected chi connectivity index (χ4v) is 5.38. The minimum absolute atomic E-state index is 0.0643. The molecule has 7 nitrogen and oxygen atoms in total. The highest BCUT2D eigenvalue weighted by atomic mass is 32.2. The van der Waals surface area contributed by atoms with Gasteiger partial charge in [0.25, 0.3) is 5.91 Å². The maximum absolute atomic E-state index is 13.1. The number of amides is 1. The zero-order chi connectivity index (χ0) is 24.8. The molecule has 1 amide bonds. The normalized spacial score (nSPS) is 15.0. The topological polar surface area (TPSA) is 79.0 Å². The number of hydrogen-bond donors (Lipinski definition) is 1. The Hall–Kier alpha value is -3.20. The van der Waals surface area contributed by atoms with Gasteiger partial charge in [-0.05, 0) is 48.4 Å². The summed E-state index contributed by atoms with van der Waals surface area (Å²) >= 11 is 0. The van der Waals surface area contributed by atoms with E-state index in [-0.39, 0.29) is 10.8 Å². The molecule has 0 aliphatic carbocycles. The summed E-state index contributed by atoms with van der Waals surface area (Å²) in [7, 11) is -2.08. The number of benzene rings is 3. The van der Waals surface area contributed by atoms with E-state index in [1.54, 1.807) is 31.0 Å². The van der Waals surface area contributed by atoms with Crippen molar-refractivity contribution in [2.24, 2.45) is 0 Å². The smallest absolute Gasteiger partial charge is 0.253 e. The van der Waals surface area contributed by atoms with Crippen LogP contribution in [0.4, 0.5) is 5.69 Å². The maximum Gasteiger partial charge on any atom is 0.253 e. The van der Waals surface area contributed by atoms with Crippen molar-refractivity contribution in [2.45, 2.75) is 24.4 Å². The molecule has 0 aromatic heterocycles. The number of sulfonamides is 1. The Balaban J connectivity index is 1.42. The Kier molecular flexibility index (Phi) is 7.85. The second-order valence-corrected chi connectivity index (χ2v) is 10.4. The lowest BCUT2D eigenvalue weighted by Crippen LogP contribution is -2.36. The van der Waals surface area contributed by atoms with Gasteiger partial charge in [-0.25, -0.2) is 13.1 Å². The molecule has 1 heterocycles. The minimum atomic E-state index is -3.80. The molecule has 184 valence electrons. The summed E-state index contributed by atoms with van der Waals surface area (Å²) in [6.45, 7) is 5.41. The maximum atomic E-state index is 13.1. The Morgan fingerprint density at radius 1 is 1.00 bits per heavy atom. The molecule has 1 aliphatic rings. The predicted molar refractivity (Wildman–Crippen MR) is 137 cm³/mol. The average molecular weight is 494 g/mol. The van der Waals surface area contributed by atoms with Gasteiger partial charge in [-0.3, -0.25) is 4.79 Å². The zero-order valence-electron chi connectivity index (χ0n) is 20.1. The largest absolute Gasteiger partial charge is 0.378 e. The van der Waals surface area contributed by atoms with Gasteiger partial charge >= 0.3 is 0 Å². The van der Waals surface area contributed by atoms with Crippen LogP contribution < -0.4 is 9.62 Å². The second kappa shape index (κ2) is 11.0. The van der Waals surface area contributed by atoms with Gasteiger partial charge < -0.3 is 14.5 Å².